The number of aliphatic hydroxyl groups excluding tert-OH is 1. The normalized spacial score (nSPS) is 18.6. The quantitative estimate of drug-likeness (QED) is 0.577. The number of methoxy groups -OCH3 is 1. The van der Waals surface area contributed by atoms with Crippen LogP contribution in [0, 0.1) is 5.41 Å². The fourth-order valence-corrected chi connectivity index (χ4v) is 4.14. The Labute approximate surface area is 177 Å². The predicted molar refractivity (Wildman–Crippen MR) is 119 cm³/mol. The minimum atomic E-state index is -0.0240. The molecule has 0 spiro atoms. The first-order valence-corrected chi connectivity index (χ1v) is 10.1. The lowest BCUT2D eigenvalue weighted by molar-refractivity contribution is 0.147. The Morgan fingerprint density at radius 3 is 2.73 bits per heavy atom. The average molecular weight is 408 g/mol. The van der Waals surface area contributed by atoms with Crippen molar-refractivity contribution in [2.45, 2.75) is 33.4 Å². The van der Waals surface area contributed by atoms with Gasteiger partial charge < -0.3 is 19.5 Å². The number of rotatable bonds is 5. The molecule has 2 aromatic rings. The number of benzene rings is 1. The first-order valence-electron chi connectivity index (χ1n) is 10.1. The molecule has 0 bridgehead atoms. The molecule has 0 fully saturated rings. The minimum absolute atomic E-state index is 0.0240. The molecule has 1 N–H and O–H groups in total. The van der Waals surface area contributed by atoms with Crippen LogP contribution in [0.1, 0.15) is 26.5 Å². The van der Waals surface area contributed by atoms with Gasteiger partial charge in [-0.2, -0.15) is 5.10 Å². The van der Waals surface area contributed by atoms with Crippen LogP contribution in [0.25, 0.3) is 16.6 Å². The van der Waals surface area contributed by atoms with Crippen LogP contribution >= 0.6 is 0 Å². The lowest BCUT2D eigenvalue weighted by Crippen LogP contribution is -2.47. The average Bonchev–Trinajstić information content (AvgIpc) is 3.06. The van der Waals surface area contributed by atoms with Crippen molar-refractivity contribution in [3.63, 3.8) is 0 Å². The van der Waals surface area contributed by atoms with Gasteiger partial charge in [-0.25, -0.2) is 0 Å². The SMILES string of the molecule is C=C(O)C1=CN2C(=CC1=C)c1c3cccc(OCCOC)c3nn1CC2C(C)(C)C. The summed E-state index contributed by atoms with van der Waals surface area (Å²) in [4.78, 5) is 2.24. The number of allylic oxidation sites excluding steroid dienone is 2. The second-order valence-corrected chi connectivity index (χ2v) is 8.86. The number of hydrogen-bond donors (Lipinski definition) is 1. The molecule has 0 aliphatic carbocycles. The van der Waals surface area contributed by atoms with Gasteiger partial charge in [0.25, 0.3) is 0 Å². The van der Waals surface area contributed by atoms with E-state index in [0.717, 1.165) is 40.2 Å². The molecule has 2 aliphatic rings. The largest absolute Gasteiger partial charge is 0.508 e. The molecule has 1 unspecified atom stereocenters. The third kappa shape index (κ3) is 3.31. The summed E-state index contributed by atoms with van der Waals surface area (Å²) in [7, 11) is 1.66. The van der Waals surface area contributed by atoms with Crippen LogP contribution in [0.4, 0.5) is 0 Å². The van der Waals surface area contributed by atoms with Crippen LogP contribution in [0.3, 0.4) is 0 Å². The number of fused-ring (bicyclic) bond motifs is 5. The molecule has 0 amide bonds. The summed E-state index contributed by atoms with van der Waals surface area (Å²) in [5.41, 5.74) is 4.26. The third-order valence-electron chi connectivity index (χ3n) is 5.72. The van der Waals surface area contributed by atoms with Crippen molar-refractivity contribution in [3.8, 4) is 5.75 Å². The van der Waals surface area contributed by atoms with E-state index in [0.29, 0.717) is 18.8 Å². The summed E-state index contributed by atoms with van der Waals surface area (Å²) in [5, 5.41) is 16.0. The molecule has 2 aliphatic heterocycles. The first-order chi connectivity index (χ1) is 14.2. The van der Waals surface area contributed by atoms with E-state index in [1.807, 2.05) is 24.4 Å². The van der Waals surface area contributed by atoms with Crippen molar-refractivity contribution in [1.82, 2.24) is 14.7 Å². The molecular weight excluding hydrogens is 378 g/mol. The number of nitrogens with zero attached hydrogens (tertiary/aromatic N) is 3. The maximum atomic E-state index is 10.1. The molecule has 1 aromatic heterocycles. The summed E-state index contributed by atoms with van der Waals surface area (Å²) in [6.07, 6.45) is 3.98. The van der Waals surface area contributed by atoms with Crippen molar-refractivity contribution in [2.75, 3.05) is 20.3 Å². The lowest BCUT2D eigenvalue weighted by atomic mass is 9.82. The van der Waals surface area contributed by atoms with Crippen molar-refractivity contribution < 1.29 is 14.6 Å². The predicted octanol–water partition coefficient (Wildman–Crippen LogP) is 4.66. The van der Waals surface area contributed by atoms with Crippen molar-refractivity contribution >= 4 is 16.6 Å². The molecule has 6 nitrogen and oxygen atoms in total. The molecule has 3 heterocycles. The number of hydrogen-bond acceptors (Lipinski definition) is 5. The standard InChI is InChI=1S/C24H29N3O3/c1-15-12-19-23-17-8-7-9-20(30-11-10-29-6)22(17)25-27(23)14-21(24(3,4)5)26(19)13-18(15)16(2)28/h7-9,12-13,21,28H,1-2,10-11,14H2,3-6H3. The second-order valence-electron chi connectivity index (χ2n) is 8.86. The molecule has 1 atom stereocenters. The lowest BCUT2D eigenvalue weighted by Gasteiger charge is -2.46. The van der Waals surface area contributed by atoms with Crippen LogP contribution in [0.2, 0.25) is 0 Å². The van der Waals surface area contributed by atoms with Gasteiger partial charge in [0, 0.05) is 24.3 Å². The van der Waals surface area contributed by atoms with Gasteiger partial charge in [-0.1, -0.05) is 46.1 Å². The Hall–Kier alpha value is -2.99. The van der Waals surface area contributed by atoms with E-state index in [1.54, 1.807) is 7.11 Å². The van der Waals surface area contributed by atoms with E-state index in [4.69, 9.17) is 14.6 Å². The minimum Gasteiger partial charge on any atom is -0.508 e. The summed E-state index contributed by atoms with van der Waals surface area (Å²) < 4.78 is 13.1. The summed E-state index contributed by atoms with van der Waals surface area (Å²) in [6, 6.07) is 6.15. The van der Waals surface area contributed by atoms with Gasteiger partial charge in [-0.15, -0.1) is 0 Å². The highest BCUT2D eigenvalue weighted by molar-refractivity contribution is 5.95. The van der Waals surface area contributed by atoms with Gasteiger partial charge in [-0.05, 0) is 23.1 Å². The van der Waals surface area contributed by atoms with Gasteiger partial charge in [-0.3, -0.25) is 4.68 Å². The monoisotopic (exact) mass is 407 g/mol. The van der Waals surface area contributed by atoms with Crippen LogP contribution in [-0.2, 0) is 11.3 Å². The molecule has 4 rings (SSSR count). The molecular formula is C24H29N3O3. The van der Waals surface area contributed by atoms with E-state index < -0.39 is 0 Å². The molecule has 158 valence electrons. The molecule has 0 saturated heterocycles. The molecule has 6 heteroatoms. The molecule has 30 heavy (non-hydrogen) atoms. The van der Waals surface area contributed by atoms with Crippen molar-refractivity contribution in [3.05, 3.63) is 66.2 Å². The Morgan fingerprint density at radius 1 is 1.30 bits per heavy atom. The summed E-state index contributed by atoms with van der Waals surface area (Å²) >= 11 is 0. The smallest absolute Gasteiger partial charge is 0.147 e. The summed E-state index contributed by atoms with van der Waals surface area (Å²) in [6.45, 7) is 16.2. The maximum Gasteiger partial charge on any atom is 0.147 e. The topological polar surface area (TPSA) is 59.8 Å². The van der Waals surface area contributed by atoms with Crippen molar-refractivity contribution in [2.24, 2.45) is 5.41 Å². The number of aromatic nitrogens is 2. The van der Waals surface area contributed by atoms with Gasteiger partial charge in [0.1, 0.15) is 23.6 Å². The zero-order valence-corrected chi connectivity index (χ0v) is 18.1. The molecule has 0 saturated carbocycles. The first kappa shape index (κ1) is 20.3. The van der Waals surface area contributed by atoms with Crippen LogP contribution in [0.15, 0.2) is 60.5 Å². The fourth-order valence-electron chi connectivity index (χ4n) is 4.14. The zero-order valence-electron chi connectivity index (χ0n) is 18.1. The van der Waals surface area contributed by atoms with Crippen molar-refractivity contribution in [1.29, 1.82) is 0 Å². The Bertz CT molecular complexity index is 1090. The maximum absolute atomic E-state index is 10.1. The van der Waals surface area contributed by atoms with E-state index >= 15 is 0 Å². The Morgan fingerprint density at radius 2 is 2.07 bits per heavy atom. The Balaban J connectivity index is 1.88. The highest BCUT2D eigenvalue weighted by atomic mass is 16.5. The van der Waals surface area contributed by atoms with Crippen LogP contribution < -0.4 is 4.74 Å². The van der Waals surface area contributed by atoms with Crippen LogP contribution in [-0.4, -0.2) is 46.2 Å². The third-order valence-corrected chi connectivity index (χ3v) is 5.72. The molecule has 0 radical (unpaired) electrons. The number of aliphatic hydroxyl groups is 1. The van der Waals surface area contributed by atoms with E-state index in [2.05, 4.69) is 49.6 Å². The zero-order chi connectivity index (χ0) is 21.6. The highest BCUT2D eigenvalue weighted by Gasteiger charge is 2.40. The van der Waals surface area contributed by atoms with Gasteiger partial charge in [0.05, 0.1) is 30.6 Å². The van der Waals surface area contributed by atoms with E-state index in [-0.39, 0.29) is 17.2 Å². The highest BCUT2D eigenvalue weighted by Crippen LogP contribution is 2.44. The van der Waals surface area contributed by atoms with Gasteiger partial charge in [0.15, 0.2) is 0 Å². The van der Waals surface area contributed by atoms with Gasteiger partial charge in [0.2, 0.25) is 0 Å². The van der Waals surface area contributed by atoms with E-state index in [9.17, 15) is 5.11 Å². The second kappa shape index (κ2) is 7.36. The number of ether oxygens (including phenoxy) is 2. The summed E-state index contributed by atoms with van der Waals surface area (Å²) in [5.74, 6) is 0.779. The van der Waals surface area contributed by atoms with Gasteiger partial charge >= 0.3 is 0 Å². The fraction of sp³-hybridized carbons (Fsp3) is 0.375. The Kier molecular flexibility index (Phi) is 4.98. The molecule has 1 aromatic carbocycles. The van der Waals surface area contributed by atoms with Crippen LogP contribution in [0.5, 0.6) is 5.75 Å². The van der Waals surface area contributed by atoms with E-state index in [1.165, 1.54) is 0 Å².